The van der Waals surface area contributed by atoms with Gasteiger partial charge >= 0.3 is 0 Å². The van der Waals surface area contributed by atoms with Gasteiger partial charge in [0.2, 0.25) is 5.91 Å². The van der Waals surface area contributed by atoms with Gasteiger partial charge in [-0.15, -0.1) is 0 Å². The summed E-state index contributed by atoms with van der Waals surface area (Å²) in [6, 6.07) is 11.8. The van der Waals surface area contributed by atoms with Crippen LogP contribution in [0.15, 0.2) is 53.4 Å². The number of hydrogen-bond acceptors (Lipinski definition) is 4. The fraction of sp³-hybridized carbons (Fsp3) is 0.278. The predicted octanol–water partition coefficient (Wildman–Crippen LogP) is 2.30. The van der Waals surface area contributed by atoms with Gasteiger partial charge in [0.05, 0.1) is 10.6 Å². The number of piperazine rings is 1. The minimum Gasteiger partial charge on any atom is -0.368 e. The average Bonchev–Trinajstić information content (AvgIpc) is 2.62. The SMILES string of the molecule is CC(=O)N1CCN(c2cccc(NS(=O)(=O)c3ccc(F)cc3)c2)CC1. The molecule has 8 heteroatoms. The summed E-state index contributed by atoms with van der Waals surface area (Å²) in [5.74, 6) is -0.430. The summed E-state index contributed by atoms with van der Waals surface area (Å²) in [6.07, 6.45) is 0. The number of sulfonamides is 1. The minimum atomic E-state index is -3.79. The molecule has 0 unspecified atom stereocenters. The number of nitrogens with one attached hydrogen (secondary N) is 1. The molecule has 2 aromatic rings. The zero-order valence-electron chi connectivity index (χ0n) is 14.4. The van der Waals surface area contributed by atoms with Gasteiger partial charge in [-0.1, -0.05) is 6.07 Å². The van der Waals surface area contributed by atoms with E-state index in [2.05, 4.69) is 9.62 Å². The first-order valence-corrected chi connectivity index (χ1v) is 9.72. The van der Waals surface area contributed by atoms with E-state index >= 15 is 0 Å². The van der Waals surface area contributed by atoms with E-state index in [1.54, 1.807) is 30.0 Å². The van der Waals surface area contributed by atoms with E-state index in [0.717, 1.165) is 17.8 Å². The fourth-order valence-corrected chi connectivity index (χ4v) is 3.92. The smallest absolute Gasteiger partial charge is 0.261 e. The van der Waals surface area contributed by atoms with Crippen molar-refractivity contribution < 1.29 is 17.6 Å². The summed E-state index contributed by atoms with van der Waals surface area (Å²) < 4.78 is 40.4. The van der Waals surface area contributed by atoms with Crippen LogP contribution in [-0.2, 0) is 14.8 Å². The number of amides is 1. The molecule has 1 fully saturated rings. The number of halogens is 1. The van der Waals surface area contributed by atoms with E-state index in [1.165, 1.54) is 12.1 Å². The lowest BCUT2D eigenvalue weighted by Crippen LogP contribution is -2.48. The topological polar surface area (TPSA) is 69.7 Å². The van der Waals surface area contributed by atoms with E-state index in [0.29, 0.717) is 31.9 Å². The van der Waals surface area contributed by atoms with Gasteiger partial charge in [0.15, 0.2) is 0 Å². The third-order valence-electron chi connectivity index (χ3n) is 4.31. The van der Waals surface area contributed by atoms with Crippen LogP contribution in [0.25, 0.3) is 0 Å². The number of rotatable bonds is 4. The van der Waals surface area contributed by atoms with Gasteiger partial charge in [-0.05, 0) is 42.5 Å². The number of hydrogen-bond donors (Lipinski definition) is 1. The van der Waals surface area contributed by atoms with Crippen molar-refractivity contribution >= 4 is 27.3 Å². The van der Waals surface area contributed by atoms with Crippen LogP contribution in [0.1, 0.15) is 6.92 Å². The molecule has 0 radical (unpaired) electrons. The molecule has 0 bridgehead atoms. The maximum atomic E-state index is 13.0. The van der Waals surface area contributed by atoms with E-state index in [9.17, 15) is 17.6 Å². The average molecular weight is 377 g/mol. The minimum absolute atomic E-state index is 0.000578. The number of carbonyl (C=O) groups is 1. The molecule has 1 heterocycles. The molecule has 1 saturated heterocycles. The quantitative estimate of drug-likeness (QED) is 0.888. The van der Waals surface area contributed by atoms with Crippen molar-refractivity contribution in [3.05, 3.63) is 54.3 Å². The van der Waals surface area contributed by atoms with Gasteiger partial charge in [-0.25, -0.2) is 12.8 Å². The van der Waals surface area contributed by atoms with Crippen LogP contribution in [0.5, 0.6) is 0 Å². The first-order valence-electron chi connectivity index (χ1n) is 8.24. The largest absolute Gasteiger partial charge is 0.368 e. The highest BCUT2D eigenvalue weighted by Crippen LogP contribution is 2.23. The maximum absolute atomic E-state index is 13.0. The number of benzene rings is 2. The standard InChI is InChI=1S/C18H20FN3O3S/c1-14(23)21-9-11-22(12-10-21)17-4-2-3-16(13-17)20-26(24,25)18-7-5-15(19)6-8-18/h2-8,13,20H,9-12H2,1H3. The Kier molecular flexibility index (Phi) is 5.13. The Hall–Kier alpha value is -2.61. The van der Waals surface area contributed by atoms with Crippen LogP contribution in [0, 0.1) is 5.82 Å². The maximum Gasteiger partial charge on any atom is 0.261 e. The Bertz CT molecular complexity index is 892. The van der Waals surface area contributed by atoms with Gasteiger partial charge in [0.1, 0.15) is 5.82 Å². The molecule has 0 aliphatic carbocycles. The van der Waals surface area contributed by atoms with Crippen molar-refractivity contribution in [1.29, 1.82) is 0 Å². The molecule has 1 N–H and O–H groups in total. The fourth-order valence-electron chi connectivity index (χ4n) is 2.87. The van der Waals surface area contributed by atoms with Crippen LogP contribution < -0.4 is 9.62 Å². The Morgan fingerprint density at radius 2 is 1.69 bits per heavy atom. The van der Waals surface area contributed by atoms with Crippen molar-refractivity contribution in [3.8, 4) is 0 Å². The molecule has 138 valence electrons. The van der Waals surface area contributed by atoms with Gasteiger partial charge in [-0.3, -0.25) is 9.52 Å². The monoisotopic (exact) mass is 377 g/mol. The number of carbonyl (C=O) groups excluding carboxylic acids is 1. The molecule has 0 spiro atoms. The first-order chi connectivity index (χ1) is 12.3. The highest BCUT2D eigenvalue weighted by atomic mass is 32.2. The summed E-state index contributed by atoms with van der Waals surface area (Å²) in [5.41, 5.74) is 1.31. The van der Waals surface area contributed by atoms with Crippen molar-refractivity contribution in [1.82, 2.24) is 4.90 Å². The zero-order chi connectivity index (χ0) is 18.7. The van der Waals surface area contributed by atoms with Crippen molar-refractivity contribution in [2.24, 2.45) is 0 Å². The molecule has 1 aliphatic rings. The van der Waals surface area contributed by atoms with Crippen LogP contribution in [0.2, 0.25) is 0 Å². The molecule has 6 nitrogen and oxygen atoms in total. The summed E-state index contributed by atoms with van der Waals surface area (Å²) in [5, 5.41) is 0. The van der Waals surface area contributed by atoms with Gasteiger partial charge in [0, 0.05) is 38.8 Å². The zero-order valence-corrected chi connectivity index (χ0v) is 15.2. The van der Waals surface area contributed by atoms with Crippen molar-refractivity contribution in [2.45, 2.75) is 11.8 Å². The molecule has 26 heavy (non-hydrogen) atoms. The molecule has 1 aliphatic heterocycles. The highest BCUT2D eigenvalue weighted by molar-refractivity contribution is 7.92. The molecule has 0 atom stereocenters. The molecule has 0 saturated carbocycles. The van der Waals surface area contributed by atoms with Crippen molar-refractivity contribution in [2.75, 3.05) is 35.8 Å². The molecule has 0 aromatic heterocycles. The molecule has 2 aromatic carbocycles. The Labute approximate surface area is 152 Å². The second-order valence-corrected chi connectivity index (χ2v) is 7.79. The lowest BCUT2D eigenvalue weighted by molar-refractivity contribution is -0.129. The van der Waals surface area contributed by atoms with E-state index < -0.39 is 15.8 Å². The lowest BCUT2D eigenvalue weighted by Gasteiger charge is -2.35. The summed E-state index contributed by atoms with van der Waals surface area (Å²) in [6.45, 7) is 4.21. The highest BCUT2D eigenvalue weighted by Gasteiger charge is 2.20. The Balaban J connectivity index is 1.73. The van der Waals surface area contributed by atoms with E-state index in [1.807, 2.05) is 6.07 Å². The van der Waals surface area contributed by atoms with Crippen LogP contribution in [0.4, 0.5) is 15.8 Å². The van der Waals surface area contributed by atoms with Crippen LogP contribution in [0.3, 0.4) is 0 Å². The normalized spacial score (nSPS) is 15.0. The van der Waals surface area contributed by atoms with Crippen LogP contribution in [-0.4, -0.2) is 45.4 Å². The summed E-state index contributed by atoms with van der Waals surface area (Å²) in [7, 11) is -3.79. The Morgan fingerprint density at radius 3 is 2.31 bits per heavy atom. The van der Waals surface area contributed by atoms with Gasteiger partial charge < -0.3 is 9.80 Å². The van der Waals surface area contributed by atoms with E-state index in [4.69, 9.17) is 0 Å². The Morgan fingerprint density at radius 1 is 1.04 bits per heavy atom. The van der Waals surface area contributed by atoms with Gasteiger partial charge in [-0.2, -0.15) is 0 Å². The molecule has 1 amide bonds. The number of nitrogens with zero attached hydrogens (tertiary/aromatic N) is 2. The third kappa shape index (κ3) is 4.13. The molecular weight excluding hydrogens is 357 g/mol. The second kappa shape index (κ2) is 7.33. The molecular formula is C18H20FN3O3S. The first kappa shape index (κ1) is 18.2. The lowest BCUT2D eigenvalue weighted by atomic mass is 10.2. The number of anilines is 2. The van der Waals surface area contributed by atoms with Crippen molar-refractivity contribution in [3.63, 3.8) is 0 Å². The van der Waals surface area contributed by atoms with E-state index in [-0.39, 0.29) is 10.8 Å². The predicted molar refractivity (Wildman–Crippen MR) is 98.1 cm³/mol. The molecule has 3 rings (SSSR count). The van der Waals surface area contributed by atoms with Crippen LogP contribution >= 0.6 is 0 Å². The summed E-state index contributed by atoms with van der Waals surface area (Å²) >= 11 is 0. The van der Waals surface area contributed by atoms with Gasteiger partial charge in [0.25, 0.3) is 10.0 Å². The third-order valence-corrected chi connectivity index (χ3v) is 5.71. The summed E-state index contributed by atoms with van der Waals surface area (Å²) in [4.78, 5) is 15.3. The second-order valence-electron chi connectivity index (χ2n) is 6.10.